The minimum Gasteiger partial charge on any atom is -0.356 e. The maximum atomic E-state index is 12.0. The number of carbonyl (C=O) groups is 2. The summed E-state index contributed by atoms with van der Waals surface area (Å²) in [6.45, 7) is 1.53. The number of anilines is 1. The molecule has 0 fully saturated rings. The molecule has 116 valence electrons. The van der Waals surface area contributed by atoms with Crippen LogP contribution in [0.15, 0.2) is 60.9 Å². The summed E-state index contributed by atoms with van der Waals surface area (Å²) in [4.78, 5) is 29.2. The fourth-order valence-corrected chi connectivity index (χ4v) is 2.67. The molecule has 3 rings (SSSR count). The van der Waals surface area contributed by atoms with Crippen molar-refractivity contribution >= 4 is 17.4 Å². The molecule has 0 saturated heterocycles. The van der Waals surface area contributed by atoms with Crippen molar-refractivity contribution in [3.8, 4) is 0 Å². The van der Waals surface area contributed by atoms with Crippen molar-refractivity contribution < 1.29 is 9.59 Å². The molecule has 1 aromatic heterocycles. The maximum Gasteiger partial charge on any atom is 0.248 e. The maximum absolute atomic E-state index is 12.0. The number of amides is 1. The lowest BCUT2D eigenvalue weighted by atomic mass is 10.0. The van der Waals surface area contributed by atoms with Crippen molar-refractivity contribution in [3.05, 3.63) is 72.1 Å². The van der Waals surface area contributed by atoms with E-state index in [4.69, 9.17) is 0 Å². The second kappa shape index (κ2) is 5.68. The molecule has 1 aromatic carbocycles. The van der Waals surface area contributed by atoms with Gasteiger partial charge in [-0.1, -0.05) is 6.07 Å². The molecule has 1 amide bonds. The topological polar surface area (TPSA) is 62.3 Å². The summed E-state index contributed by atoms with van der Waals surface area (Å²) in [6.07, 6.45) is 6.80. The molecule has 1 unspecified atom stereocenters. The second-order valence-electron chi connectivity index (χ2n) is 5.50. The molecule has 0 bridgehead atoms. The van der Waals surface area contributed by atoms with E-state index in [1.54, 1.807) is 42.6 Å². The van der Waals surface area contributed by atoms with Crippen LogP contribution in [0.2, 0.25) is 0 Å². The van der Waals surface area contributed by atoms with Crippen molar-refractivity contribution in [3.63, 3.8) is 0 Å². The van der Waals surface area contributed by atoms with Crippen molar-refractivity contribution in [2.75, 3.05) is 12.4 Å². The Balaban J connectivity index is 1.99. The molecule has 0 aliphatic carbocycles. The number of aromatic nitrogens is 1. The standard InChI is InChI=1S/C18H17N3O2/c1-13(22)14-5-7-16(8-6-14)20-18(10-9-17(23)21(18)2)15-4-3-11-19-12-15/h3-12,20H,1-2H3. The predicted molar refractivity (Wildman–Crippen MR) is 87.9 cm³/mol. The van der Waals surface area contributed by atoms with Gasteiger partial charge in [0.05, 0.1) is 0 Å². The highest BCUT2D eigenvalue weighted by atomic mass is 16.2. The van der Waals surface area contributed by atoms with Crippen LogP contribution in [0.5, 0.6) is 0 Å². The molecule has 2 heterocycles. The van der Waals surface area contributed by atoms with Gasteiger partial charge in [-0.05, 0) is 43.3 Å². The van der Waals surface area contributed by atoms with Crippen LogP contribution in [0.3, 0.4) is 0 Å². The number of Topliss-reactive ketones (excluding diaryl/α,β-unsaturated/α-hetero) is 1. The fourth-order valence-electron chi connectivity index (χ4n) is 2.67. The van der Waals surface area contributed by atoms with Gasteiger partial charge in [-0.15, -0.1) is 0 Å². The Bertz CT molecular complexity index is 769. The van der Waals surface area contributed by atoms with E-state index in [9.17, 15) is 9.59 Å². The first-order valence-corrected chi connectivity index (χ1v) is 7.30. The third-order valence-corrected chi connectivity index (χ3v) is 4.05. The highest BCUT2D eigenvalue weighted by Gasteiger charge is 2.40. The predicted octanol–water partition coefficient (Wildman–Crippen LogP) is 2.58. The third kappa shape index (κ3) is 2.61. The monoisotopic (exact) mass is 307 g/mol. The summed E-state index contributed by atoms with van der Waals surface area (Å²) < 4.78 is 0. The smallest absolute Gasteiger partial charge is 0.248 e. The fraction of sp³-hybridized carbons (Fsp3) is 0.167. The Morgan fingerprint density at radius 2 is 1.96 bits per heavy atom. The molecule has 1 N–H and O–H groups in total. The summed E-state index contributed by atoms with van der Waals surface area (Å²) in [5.41, 5.74) is 1.53. The molecule has 0 saturated carbocycles. The molecular formula is C18H17N3O2. The van der Waals surface area contributed by atoms with E-state index in [0.29, 0.717) is 5.56 Å². The van der Waals surface area contributed by atoms with Gasteiger partial charge in [0.1, 0.15) is 0 Å². The minimum absolute atomic E-state index is 0.0200. The molecule has 0 radical (unpaired) electrons. The molecule has 23 heavy (non-hydrogen) atoms. The van der Waals surface area contributed by atoms with Crippen LogP contribution in [0.4, 0.5) is 5.69 Å². The van der Waals surface area contributed by atoms with Gasteiger partial charge in [0.25, 0.3) is 0 Å². The van der Waals surface area contributed by atoms with Crippen LogP contribution >= 0.6 is 0 Å². The normalized spacial score (nSPS) is 19.9. The Labute approximate surface area is 134 Å². The summed E-state index contributed by atoms with van der Waals surface area (Å²) in [7, 11) is 1.74. The first kappa shape index (κ1) is 15.0. The molecule has 1 aliphatic rings. The number of carbonyl (C=O) groups excluding carboxylic acids is 2. The van der Waals surface area contributed by atoms with Crippen LogP contribution in [0.1, 0.15) is 22.8 Å². The summed E-state index contributed by atoms with van der Waals surface area (Å²) in [6, 6.07) is 11.0. The van der Waals surface area contributed by atoms with E-state index in [1.807, 2.05) is 30.3 Å². The highest BCUT2D eigenvalue weighted by Crippen LogP contribution is 2.34. The van der Waals surface area contributed by atoms with Gasteiger partial charge in [0.15, 0.2) is 11.4 Å². The Hall–Kier alpha value is -2.95. The zero-order valence-corrected chi connectivity index (χ0v) is 13.0. The first-order chi connectivity index (χ1) is 11.0. The van der Waals surface area contributed by atoms with Gasteiger partial charge in [0.2, 0.25) is 5.91 Å². The number of hydrogen-bond acceptors (Lipinski definition) is 4. The average Bonchev–Trinajstić information content (AvgIpc) is 2.86. The van der Waals surface area contributed by atoms with E-state index in [0.717, 1.165) is 11.3 Å². The van der Waals surface area contributed by atoms with E-state index in [1.165, 1.54) is 6.92 Å². The van der Waals surface area contributed by atoms with Gasteiger partial charge < -0.3 is 10.2 Å². The van der Waals surface area contributed by atoms with E-state index < -0.39 is 5.66 Å². The summed E-state index contributed by atoms with van der Waals surface area (Å²) in [5.74, 6) is -0.0618. The molecular weight excluding hydrogens is 290 g/mol. The number of nitrogens with zero attached hydrogens (tertiary/aromatic N) is 2. The quantitative estimate of drug-likeness (QED) is 0.882. The highest BCUT2D eigenvalue weighted by molar-refractivity contribution is 5.94. The Morgan fingerprint density at radius 1 is 1.22 bits per heavy atom. The average molecular weight is 307 g/mol. The summed E-state index contributed by atoms with van der Waals surface area (Å²) >= 11 is 0. The van der Waals surface area contributed by atoms with Crippen molar-refractivity contribution in [2.45, 2.75) is 12.6 Å². The van der Waals surface area contributed by atoms with E-state index in [2.05, 4.69) is 10.3 Å². The molecule has 5 nitrogen and oxygen atoms in total. The number of hydrogen-bond donors (Lipinski definition) is 1. The molecule has 2 aromatic rings. The van der Waals surface area contributed by atoms with Crippen LogP contribution in [0.25, 0.3) is 0 Å². The van der Waals surface area contributed by atoms with Crippen LogP contribution in [-0.2, 0) is 10.5 Å². The largest absolute Gasteiger partial charge is 0.356 e. The van der Waals surface area contributed by atoms with Crippen molar-refractivity contribution in [1.82, 2.24) is 9.88 Å². The number of benzene rings is 1. The van der Waals surface area contributed by atoms with E-state index in [-0.39, 0.29) is 11.7 Å². The number of ketones is 1. The molecule has 1 aliphatic heterocycles. The van der Waals surface area contributed by atoms with Crippen molar-refractivity contribution in [2.24, 2.45) is 0 Å². The Kier molecular flexibility index (Phi) is 3.70. The molecule has 0 spiro atoms. The van der Waals surface area contributed by atoms with Gasteiger partial charge in [-0.2, -0.15) is 0 Å². The number of nitrogens with one attached hydrogen (secondary N) is 1. The van der Waals surface area contributed by atoms with Gasteiger partial charge in [0, 0.05) is 42.3 Å². The van der Waals surface area contributed by atoms with Crippen LogP contribution < -0.4 is 5.32 Å². The van der Waals surface area contributed by atoms with Crippen molar-refractivity contribution in [1.29, 1.82) is 0 Å². The molecule has 1 atom stereocenters. The first-order valence-electron chi connectivity index (χ1n) is 7.30. The number of pyridine rings is 1. The lowest BCUT2D eigenvalue weighted by Crippen LogP contribution is -2.47. The lowest BCUT2D eigenvalue weighted by molar-refractivity contribution is -0.126. The van der Waals surface area contributed by atoms with Gasteiger partial charge in [-0.3, -0.25) is 14.6 Å². The summed E-state index contributed by atoms with van der Waals surface area (Å²) in [5, 5.41) is 3.38. The SMILES string of the molecule is CC(=O)c1ccc(NC2(c3cccnc3)C=CC(=O)N2C)cc1. The third-order valence-electron chi connectivity index (χ3n) is 4.05. The lowest BCUT2D eigenvalue weighted by Gasteiger charge is -2.37. The number of likely N-dealkylation sites (N-methyl/N-ethyl adjacent to an activating group) is 1. The van der Waals surface area contributed by atoms with Crippen LogP contribution in [-0.4, -0.2) is 28.6 Å². The number of rotatable bonds is 4. The zero-order valence-electron chi connectivity index (χ0n) is 13.0. The van der Waals surface area contributed by atoms with Crippen LogP contribution in [0, 0.1) is 0 Å². The minimum atomic E-state index is -0.789. The van der Waals surface area contributed by atoms with Gasteiger partial charge >= 0.3 is 0 Å². The zero-order chi connectivity index (χ0) is 16.4. The van der Waals surface area contributed by atoms with E-state index >= 15 is 0 Å². The van der Waals surface area contributed by atoms with Gasteiger partial charge in [-0.25, -0.2) is 0 Å². The second-order valence-corrected chi connectivity index (χ2v) is 5.50. The molecule has 5 heteroatoms. The Morgan fingerprint density at radius 3 is 2.48 bits per heavy atom.